The molecule has 0 aliphatic heterocycles. The molecule has 0 saturated heterocycles. The standard InChI is InChI=1S/C20H18F2N2O3S/c1-12-17(13(2)27-24-12)11-26-18-6-4-3-5-16(18)19(25)23-14-7-9-15(10-8-14)28-20(21)22/h3-10,20H,11H2,1-2H3,(H,23,25). The number of thioether (sulfide) groups is 1. The Kier molecular flexibility index (Phi) is 6.30. The summed E-state index contributed by atoms with van der Waals surface area (Å²) in [5.74, 6) is -1.75. The molecule has 0 fully saturated rings. The number of anilines is 1. The number of carbonyl (C=O) groups excluding carboxylic acids is 1. The van der Waals surface area contributed by atoms with Crippen molar-refractivity contribution < 1.29 is 22.8 Å². The first-order valence-electron chi connectivity index (χ1n) is 8.44. The molecule has 0 aliphatic carbocycles. The zero-order valence-electron chi connectivity index (χ0n) is 15.2. The van der Waals surface area contributed by atoms with Crippen molar-refractivity contribution >= 4 is 23.4 Å². The average molecular weight is 404 g/mol. The van der Waals surface area contributed by atoms with Gasteiger partial charge in [0.1, 0.15) is 18.1 Å². The molecular formula is C20H18F2N2O3S. The van der Waals surface area contributed by atoms with E-state index in [1.807, 2.05) is 6.92 Å². The van der Waals surface area contributed by atoms with Crippen LogP contribution in [0, 0.1) is 13.8 Å². The largest absolute Gasteiger partial charge is 0.488 e. The van der Waals surface area contributed by atoms with Crippen LogP contribution in [0.25, 0.3) is 0 Å². The SMILES string of the molecule is Cc1noc(C)c1COc1ccccc1C(=O)Nc1ccc(SC(F)F)cc1. The first-order valence-corrected chi connectivity index (χ1v) is 9.32. The number of rotatable bonds is 7. The Labute approximate surface area is 165 Å². The van der Waals surface area contributed by atoms with Crippen LogP contribution in [0.3, 0.4) is 0 Å². The fourth-order valence-electron chi connectivity index (χ4n) is 2.56. The number of amides is 1. The van der Waals surface area contributed by atoms with Crippen molar-refractivity contribution in [3.8, 4) is 5.75 Å². The van der Waals surface area contributed by atoms with E-state index < -0.39 is 5.76 Å². The van der Waals surface area contributed by atoms with Gasteiger partial charge in [0.15, 0.2) is 0 Å². The number of nitrogens with zero attached hydrogens (tertiary/aromatic N) is 1. The molecule has 1 heterocycles. The van der Waals surface area contributed by atoms with Gasteiger partial charge in [0.2, 0.25) is 0 Å². The van der Waals surface area contributed by atoms with Gasteiger partial charge in [-0.2, -0.15) is 8.78 Å². The van der Waals surface area contributed by atoms with Gasteiger partial charge in [-0.05, 0) is 50.2 Å². The lowest BCUT2D eigenvalue weighted by Crippen LogP contribution is -2.13. The van der Waals surface area contributed by atoms with Crippen molar-refractivity contribution in [1.29, 1.82) is 0 Å². The molecule has 2 aromatic carbocycles. The van der Waals surface area contributed by atoms with Crippen LogP contribution in [0.5, 0.6) is 5.75 Å². The van der Waals surface area contributed by atoms with Crippen LogP contribution in [-0.2, 0) is 6.61 Å². The first-order chi connectivity index (χ1) is 13.4. The smallest absolute Gasteiger partial charge is 0.288 e. The Morgan fingerprint density at radius 1 is 1.18 bits per heavy atom. The lowest BCUT2D eigenvalue weighted by Gasteiger charge is -2.12. The normalized spacial score (nSPS) is 10.9. The van der Waals surface area contributed by atoms with E-state index in [0.717, 1.165) is 11.3 Å². The highest BCUT2D eigenvalue weighted by molar-refractivity contribution is 7.99. The van der Waals surface area contributed by atoms with E-state index in [1.54, 1.807) is 43.3 Å². The van der Waals surface area contributed by atoms with Gasteiger partial charge < -0.3 is 14.6 Å². The van der Waals surface area contributed by atoms with Crippen LogP contribution in [-0.4, -0.2) is 16.8 Å². The zero-order chi connectivity index (χ0) is 20.1. The highest BCUT2D eigenvalue weighted by atomic mass is 32.2. The molecule has 0 bridgehead atoms. The fraction of sp³-hybridized carbons (Fsp3) is 0.200. The average Bonchev–Trinajstić information content (AvgIpc) is 2.99. The van der Waals surface area contributed by atoms with E-state index in [0.29, 0.717) is 39.4 Å². The number of benzene rings is 2. The number of para-hydroxylation sites is 1. The van der Waals surface area contributed by atoms with Crippen molar-refractivity contribution in [3.05, 3.63) is 71.1 Å². The molecule has 1 N–H and O–H groups in total. The van der Waals surface area contributed by atoms with E-state index >= 15 is 0 Å². The van der Waals surface area contributed by atoms with E-state index in [1.165, 1.54) is 12.1 Å². The van der Waals surface area contributed by atoms with E-state index in [4.69, 9.17) is 9.26 Å². The van der Waals surface area contributed by atoms with Crippen LogP contribution in [0.15, 0.2) is 57.9 Å². The van der Waals surface area contributed by atoms with E-state index in [2.05, 4.69) is 10.5 Å². The van der Waals surface area contributed by atoms with E-state index in [-0.39, 0.29) is 12.5 Å². The maximum Gasteiger partial charge on any atom is 0.288 e. The number of halogens is 2. The number of alkyl halides is 2. The van der Waals surface area contributed by atoms with Crippen molar-refractivity contribution in [2.45, 2.75) is 31.1 Å². The number of hydrogen-bond donors (Lipinski definition) is 1. The summed E-state index contributed by atoms with van der Waals surface area (Å²) >= 11 is 0.454. The second-order valence-electron chi connectivity index (χ2n) is 5.94. The topological polar surface area (TPSA) is 64.4 Å². The Hall–Kier alpha value is -2.87. The maximum atomic E-state index is 12.6. The molecule has 3 aromatic rings. The Morgan fingerprint density at radius 2 is 1.89 bits per heavy atom. The summed E-state index contributed by atoms with van der Waals surface area (Å²) in [6.07, 6.45) is 0. The van der Waals surface area contributed by atoms with Crippen LogP contribution >= 0.6 is 11.8 Å². The number of nitrogens with one attached hydrogen (secondary N) is 1. The molecule has 1 amide bonds. The van der Waals surface area contributed by atoms with E-state index in [9.17, 15) is 13.6 Å². The highest BCUT2D eigenvalue weighted by Gasteiger charge is 2.15. The molecular weight excluding hydrogens is 386 g/mol. The number of hydrogen-bond acceptors (Lipinski definition) is 5. The van der Waals surface area contributed by atoms with Crippen molar-refractivity contribution in [2.75, 3.05) is 5.32 Å². The van der Waals surface area contributed by atoms with Gasteiger partial charge in [0, 0.05) is 10.6 Å². The second kappa shape index (κ2) is 8.88. The predicted molar refractivity (Wildman–Crippen MR) is 103 cm³/mol. The monoisotopic (exact) mass is 404 g/mol. The van der Waals surface area contributed by atoms with Gasteiger partial charge in [-0.1, -0.05) is 29.1 Å². The zero-order valence-corrected chi connectivity index (χ0v) is 16.1. The number of ether oxygens (including phenoxy) is 1. The molecule has 146 valence electrons. The van der Waals surface area contributed by atoms with Gasteiger partial charge in [-0.3, -0.25) is 4.79 Å². The van der Waals surface area contributed by atoms with Crippen LogP contribution in [0.1, 0.15) is 27.4 Å². The van der Waals surface area contributed by atoms with Crippen molar-refractivity contribution in [1.82, 2.24) is 5.16 Å². The molecule has 5 nitrogen and oxygen atoms in total. The summed E-state index contributed by atoms with van der Waals surface area (Å²) in [6.45, 7) is 3.85. The summed E-state index contributed by atoms with van der Waals surface area (Å²) in [4.78, 5) is 13.1. The quantitative estimate of drug-likeness (QED) is 0.532. The maximum absolute atomic E-state index is 12.6. The van der Waals surface area contributed by atoms with Gasteiger partial charge in [0.25, 0.3) is 11.7 Å². The Morgan fingerprint density at radius 3 is 2.54 bits per heavy atom. The van der Waals surface area contributed by atoms with Gasteiger partial charge >= 0.3 is 0 Å². The number of carbonyl (C=O) groups is 1. The Bertz CT molecular complexity index is 939. The summed E-state index contributed by atoms with van der Waals surface area (Å²) in [5.41, 5.74) is 2.44. The highest BCUT2D eigenvalue weighted by Crippen LogP contribution is 2.27. The molecule has 1 aromatic heterocycles. The molecule has 0 spiro atoms. The third-order valence-electron chi connectivity index (χ3n) is 4.02. The third kappa shape index (κ3) is 4.89. The third-order valence-corrected chi connectivity index (χ3v) is 4.74. The Balaban J connectivity index is 1.70. The second-order valence-corrected chi connectivity index (χ2v) is 7.01. The van der Waals surface area contributed by atoms with Crippen LogP contribution in [0.4, 0.5) is 14.5 Å². The molecule has 28 heavy (non-hydrogen) atoms. The van der Waals surface area contributed by atoms with Crippen LogP contribution < -0.4 is 10.1 Å². The molecule has 0 unspecified atom stereocenters. The molecule has 0 saturated carbocycles. The minimum Gasteiger partial charge on any atom is -0.488 e. The molecule has 0 atom stereocenters. The summed E-state index contributed by atoms with van der Waals surface area (Å²) in [5, 5.41) is 6.63. The summed E-state index contributed by atoms with van der Waals surface area (Å²) in [6, 6.07) is 13.1. The lowest BCUT2D eigenvalue weighted by molar-refractivity contribution is 0.102. The molecule has 0 aliphatic rings. The summed E-state index contributed by atoms with van der Waals surface area (Å²) < 4.78 is 35.7. The van der Waals surface area contributed by atoms with Gasteiger partial charge in [-0.15, -0.1) is 0 Å². The van der Waals surface area contributed by atoms with Crippen LogP contribution in [0.2, 0.25) is 0 Å². The lowest BCUT2D eigenvalue weighted by atomic mass is 10.1. The summed E-state index contributed by atoms with van der Waals surface area (Å²) in [7, 11) is 0. The number of aryl methyl sites for hydroxylation is 2. The minimum absolute atomic E-state index is 0.227. The van der Waals surface area contributed by atoms with Gasteiger partial charge in [0.05, 0.1) is 16.8 Å². The minimum atomic E-state index is -2.48. The number of aromatic nitrogens is 1. The fourth-order valence-corrected chi connectivity index (χ4v) is 3.06. The molecule has 8 heteroatoms. The molecule has 3 rings (SSSR count). The van der Waals surface area contributed by atoms with Crippen molar-refractivity contribution in [2.24, 2.45) is 0 Å². The van der Waals surface area contributed by atoms with Crippen molar-refractivity contribution in [3.63, 3.8) is 0 Å². The molecule has 0 radical (unpaired) electrons. The van der Waals surface area contributed by atoms with Gasteiger partial charge in [-0.25, -0.2) is 0 Å². The first kappa shape index (κ1) is 19.9. The predicted octanol–water partition coefficient (Wildman–Crippen LogP) is 5.44.